The minimum atomic E-state index is 1.25. The van der Waals surface area contributed by atoms with E-state index in [2.05, 4.69) is 52.0 Å². The van der Waals surface area contributed by atoms with E-state index in [4.69, 9.17) is 0 Å². The SMILES string of the molecule is CCCC.CCCCCc1ccccc1C. The van der Waals surface area contributed by atoms with E-state index in [1.54, 1.807) is 0 Å². The first-order valence-electron chi connectivity index (χ1n) is 6.80. The zero-order valence-electron chi connectivity index (χ0n) is 11.6. The highest BCUT2D eigenvalue weighted by Gasteiger charge is 1.95. The number of benzene rings is 1. The molecule has 0 aliphatic heterocycles. The third-order valence-electron chi connectivity index (χ3n) is 2.81. The Morgan fingerprint density at radius 2 is 1.44 bits per heavy atom. The van der Waals surface area contributed by atoms with Crippen LogP contribution >= 0.6 is 0 Å². The van der Waals surface area contributed by atoms with Gasteiger partial charge in [-0.1, -0.05) is 70.7 Å². The minimum Gasteiger partial charge on any atom is -0.0654 e. The van der Waals surface area contributed by atoms with Crippen molar-refractivity contribution in [3.8, 4) is 0 Å². The lowest BCUT2D eigenvalue weighted by Crippen LogP contribution is -1.88. The predicted molar refractivity (Wildman–Crippen MR) is 75.0 cm³/mol. The maximum atomic E-state index is 2.25. The summed E-state index contributed by atoms with van der Waals surface area (Å²) in [4.78, 5) is 0. The molecule has 0 spiro atoms. The summed E-state index contributed by atoms with van der Waals surface area (Å²) in [6.07, 6.45) is 7.89. The molecule has 1 aromatic rings. The summed E-state index contributed by atoms with van der Waals surface area (Å²) in [6.45, 7) is 8.80. The zero-order chi connectivity index (χ0) is 12.2. The maximum Gasteiger partial charge on any atom is -0.0276 e. The summed E-state index contributed by atoms with van der Waals surface area (Å²) >= 11 is 0. The Morgan fingerprint density at radius 3 is 1.94 bits per heavy atom. The highest BCUT2D eigenvalue weighted by molar-refractivity contribution is 5.25. The van der Waals surface area contributed by atoms with Crippen molar-refractivity contribution in [3.63, 3.8) is 0 Å². The van der Waals surface area contributed by atoms with E-state index in [0.717, 1.165) is 0 Å². The molecule has 0 amide bonds. The molecular weight excluding hydrogens is 192 g/mol. The Kier molecular flexibility index (Phi) is 10.2. The fraction of sp³-hybridized carbons (Fsp3) is 0.625. The fourth-order valence-electron chi connectivity index (χ4n) is 1.46. The Balaban J connectivity index is 0.000000487. The molecule has 0 fully saturated rings. The van der Waals surface area contributed by atoms with Crippen LogP contribution in [0.25, 0.3) is 0 Å². The van der Waals surface area contributed by atoms with E-state index >= 15 is 0 Å². The molecule has 16 heavy (non-hydrogen) atoms. The molecular formula is C16H28. The van der Waals surface area contributed by atoms with Gasteiger partial charge in [0.15, 0.2) is 0 Å². The van der Waals surface area contributed by atoms with E-state index in [9.17, 15) is 0 Å². The fourth-order valence-corrected chi connectivity index (χ4v) is 1.46. The number of hydrogen-bond acceptors (Lipinski definition) is 0. The molecule has 0 nitrogen and oxygen atoms in total. The number of unbranched alkanes of at least 4 members (excludes halogenated alkanes) is 3. The number of hydrogen-bond donors (Lipinski definition) is 0. The first-order valence-corrected chi connectivity index (χ1v) is 6.80. The molecule has 0 aliphatic carbocycles. The molecule has 0 aliphatic rings. The molecule has 0 heteroatoms. The van der Waals surface area contributed by atoms with Crippen LogP contribution in [0.15, 0.2) is 24.3 Å². The van der Waals surface area contributed by atoms with E-state index in [1.165, 1.54) is 49.7 Å². The van der Waals surface area contributed by atoms with Gasteiger partial charge in [-0.2, -0.15) is 0 Å². The topological polar surface area (TPSA) is 0 Å². The van der Waals surface area contributed by atoms with Crippen molar-refractivity contribution in [2.45, 2.75) is 66.2 Å². The third-order valence-corrected chi connectivity index (χ3v) is 2.81. The lowest BCUT2D eigenvalue weighted by Gasteiger charge is -2.03. The Morgan fingerprint density at radius 1 is 0.812 bits per heavy atom. The van der Waals surface area contributed by atoms with Gasteiger partial charge in [0.25, 0.3) is 0 Å². The van der Waals surface area contributed by atoms with Crippen LogP contribution in [0.3, 0.4) is 0 Å². The summed E-state index contributed by atoms with van der Waals surface area (Å²) in [5, 5.41) is 0. The monoisotopic (exact) mass is 220 g/mol. The molecule has 1 rings (SSSR count). The largest absolute Gasteiger partial charge is 0.0654 e. The van der Waals surface area contributed by atoms with E-state index in [-0.39, 0.29) is 0 Å². The quantitative estimate of drug-likeness (QED) is 0.572. The van der Waals surface area contributed by atoms with Crippen molar-refractivity contribution in [2.75, 3.05) is 0 Å². The molecule has 0 unspecified atom stereocenters. The van der Waals surface area contributed by atoms with Crippen LogP contribution in [0.2, 0.25) is 0 Å². The summed E-state index contributed by atoms with van der Waals surface area (Å²) < 4.78 is 0. The van der Waals surface area contributed by atoms with Crippen molar-refractivity contribution >= 4 is 0 Å². The van der Waals surface area contributed by atoms with Crippen LogP contribution in [-0.2, 0) is 6.42 Å². The molecule has 0 radical (unpaired) electrons. The normalized spacial score (nSPS) is 9.50. The standard InChI is InChI=1S/C12H18.C4H10/c1-3-4-5-9-12-10-7-6-8-11(12)2;1-3-4-2/h6-8,10H,3-5,9H2,1-2H3;3-4H2,1-2H3. The molecule has 1 aromatic carbocycles. The predicted octanol–water partition coefficient (Wildman–Crippen LogP) is 5.53. The average Bonchev–Trinajstić information content (AvgIpc) is 2.32. The van der Waals surface area contributed by atoms with Crippen molar-refractivity contribution < 1.29 is 0 Å². The van der Waals surface area contributed by atoms with Gasteiger partial charge in [-0.3, -0.25) is 0 Å². The Hall–Kier alpha value is -0.780. The highest BCUT2D eigenvalue weighted by Crippen LogP contribution is 2.10. The summed E-state index contributed by atoms with van der Waals surface area (Å²) in [6, 6.07) is 8.68. The molecule has 0 bridgehead atoms. The lowest BCUT2D eigenvalue weighted by molar-refractivity contribution is 0.715. The number of aryl methyl sites for hydroxylation is 2. The van der Waals surface area contributed by atoms with Crippen molar-refractivity contribution in [2.24, 2.45) is 0 Å². The molecule has 0 saturated carbocycles. The second-order valence-electron chi connectivity index (χ2n) is 4.38. The Bertz CT molecular complexity index is 248. The second-order valence-corrected chi connectivity index (χ2v) is 4.38. The molecule has 0 atom stereocenters. The number of rotatable bonds is 5. The first kappa shape index (κ1) is 15.2. The summed E-state index contributed by atoms with van der Waals surface area (Å²) in [5.74, 6) is 0. The van der Waals surface area contributed by atoms with Gasteiger partial charge in [0.05, 0.1) is 0 Å². The maximum absolute atomic E-state index is 2.25. The van der Waals surface area contributed by atoms with Crippen LogP contribution in [0, 0.1) is 6.92 Å². The van der Waals surface area contributed by atoms with E-state index in [1.807, 2.05) is 0 Å². The molecule has 0 heterocycles. The first-order chi connectivity index (χ1) is 7.76. The summed E-state index contributed by atoms with van der Waals surface area (Å²) in [5.41, 5.74) is 2.96. The van der Waals surface area contributed by atoms with Gasteiger partial charge in [0.2, 0.25) is 0 Å². The van der Waals surface area contributed by atoms with Gasteiger partial charge >= 0.3 is 0 Å². The second kappa shape index (κ2) is 10.7. The van der Waals surface area contributed by atoms with Crippen molar-refractivity contribution in [1.29, 1.82) is 0 Å². The van der Waals surface area contributed by atoms with Crippen molar-refractivity contribution in [3.05, 3.63) is 35.4 Å². The van der Waals surface area contributed by atoms with Crippen molar-refractivity contribution in [1.82, 2.24) is 0 Å². The smallest absolute Gasteiger partial charge is 0.0276 e. The average molecular weight is 220 g/mol. The molecule has 0 saturated heterocycles. The zero-order valence-corrected chi connectivity index (χ0v) is 11.6. The minimum absolute atomic E-state index is 1.25. The molecule has 92 valence electrons. The molecule has 0 aromatic heterocycles. The van der Waals surface area contributed by atoms with Gasteiger partial charge in [0, 0.05) is 0 Å². The lowest BCUT2D eigenvalue weighted by atomic mass is 10.0. The van der Waals surface area contributed by atoms with Crippen LogP contribution in [0.5, 0.6) is 0 Å². The van der Waals surface area contributed by atoms with Gasteiger partial charge in [-0.25, -0.2) is 0 Å². The van der Waals surface area contributed by atoms with Gasteiger partial charge in [-0.15, -0.1) is 0 Å². The van der Waals surface area contributed by atoms with E-state index in [0.29, 0.717) is 0 Å². The molecule has 0 N–H and O–H groups in total. The van der Waals surface area contributed by atoms with Crippen LogP contribution < -0.4 is 0 Å². The van der Waals surface area contributed by atoms with Gasteiger partial charge in [0.1, 0.15) is 0 Å². The third kappa shape index (κ3) is 7.50. The van der Waals surface area contributed by atoms with Crippen LogP contribution in [0.4, 0.5) is 0 Å². The Labute approximate surface area is 102 Å². The van der Waals surface area contributed by atoms with Gasteiger partial charge < -0.3 is 0 Å². The van der Waals surface area contributed by atoms with Crippen LogP contribution in [-0.4, -0.2) is 0 Å². The summed E-state index contributed by atoms with van der Waals surface area (Å²) in [7, 11) is 0. The van der Waals surface area contributed by atoms with E-state index < -0.39 is 0 Å². The van der Waals surface area contributed by atoms with Crippen LogP contribution in [0.1, 0.15) is 64.0 Å². The highest BCUT2D eigenvalue weighted by atomic mass is 14.0. The van der Waals surface area contributed by atoms with Gasteiger partial charge in [-0.05, 0) is 30.9 Å².